The van der Waals surface area contributed by atoms with Crippen LogP contribution in [0.25, 0.3) is 0 Å². The van der Waals surface area contributed by atoms with E-state index in [4.69, 9.17) is 4.74 Å². The smallest absolute Gasteiger partial charge is 0.213 e. The zero-order chi connectivity index (χ0) is 12.3. The molecule has 1 aromatic heterocycles. The monoisotopic (exact) mass is 299 g/mol. The number of halogens is 3. The Hall–Kier alpha value is -1.49. The van der Waals surface area contributed by atoms with Gasteiger partial charge in [-0.05, 0) is 45.8 Å². The van der Waals surface area contributed by atoms with E-state index >= 15 is 0 Å². The number of rotatable bonds is 3. The molecule has 1 aromatic carbocycles. The summed E-state index contributed by atoms with van der Waals surface area (Å²) in [5.74, 6) is -0.411. The van der Waals surface area contributed by atoms with Crippen molar-refractivity contribution in [3.05, 3.63) is 58.3 Å². The van der Waals surface area contributed by atoms with Gasteiger partial charge in [0.2, 0.25) is 5.95 Å². The van der Waals surface area contributed by atoms with Crippen molar-refractivity contribution in [2.45, 2.75) is 6.61 Å². The molecule has 0 aliphatic heterocycles. The molecule has 0 unspecified atom stereocenters. The van der Waals surface area contributed by atoms with Crippen molar-refractivity contribution in [2.75, 3.05) is 0 Å². The SMILES string of the molecule is Fc1ccc(OCc2ccc(F)c(Br)c2)cn1. The fourth-order valence-electron chi connectivity index (χ4n) is 1.24. The van der Waals surface area contributed by atoms with Gasteiger partial charge >= 0.3 is 0 Å². The topological polar surface area (TPSA) is 22.1 Å². The molecule has 0 amide bonds. The summed E-state index contributed by atoms with van der Waals surface area (Å²) in [5, 5.41) is 0. The predicted molar refractivity (Wildman–Crippen MR) is 62.6 cm³/mol. The first-order chi connectivity index (χ1) is 8.15. The third-order valence-corrected chi connectivity index (χ3v) is 2.70. The lowest BCUT2D eigenvalue weighted by Crippen LogP contribution is -1.96. The first-order valence-electron chi connectivity index (χ1n) is 4.83. The Bertz CT molecular complexity index is 516. The maximum Gasteiger partial charge on any atom is 0.213 e. The van der Waals surface area contributed by atoms with Gasteiger partial charge in [-0.15, -0.1) is 0 Å². The Morgan fingerprint density at radius 2 is 2.00 bits per heavy atom. The van der Waals surface area contributed by atoms with Crippen molar-refractivity contribution in [3.63, 3.8) is 0 Å². The van der Waals surface area contributed by atoms with Crippen LogP contribution in [0.2, 0.25) is 0 Å². The summed E-state index contributed by atoms with van der Waals surface area (Å²) in [6.07, 6.45) is 1.30. The number of nitrogens with zero attached hydrogens (tertiary/aromatic N) is 1. The predicted octanol–water partition coefficient (Wildman–Crippen LogP) is 3.70. The molecule has 0 saturated heterocycles. The summed E-state index contributed by atoms with van der Waals surface area (Å²) in [6, 6.07) is 7.31. The molecule has 2 nitrogen and oxygen atoms in total. The van der Waals surface area contributed by atoms with Gasteiger partial charge in [0.25, 0.3) is 0 Å². The minimum absolute atomic E-state index is 0.270. The van der Waals surface area contributed by atoms with E-state index in [-0.39, 0.29) is 12.4 Å². The second-order valence-corrected chi connectivity index (χ2v) is 4.21. The number of benzene rings is 1. The first kappa shape index (κ1) is 12.0. The molecule has 1 heterocycles. The Morgan fingerprint density at radius 1 is 1.18 bits per heavy atom. The molecular weight excluding hydrogens is 292 g/mol. The van der Waals surface area contributed by atoms with Crippen molar-refractivity contribution in [1.82, 2.24) is 4.98 Å². The van der Waals surface area contributed by atoms with Gasteiger partial charge in [0, 0.05) is 0 Å². The number of ether oxygens (including phenoxy) is 1. The molecule has 88 valence electrons. The molecule has 0 saturated carbocycles. The highest BCUT2D eigenvalue weighted by atomic mass is 79.9. The summed E-state index contributed by atoms with van der Waals surface area (Å²) < 4.78 is 31.3. The minimum Gasteiger partial charge on any atom is -0.487 e. The van der Waals surface area contributed by atoms with Crippen molar-refractivity contribution in [2.24, 2.45) is 0 Å². The molecule has 2 aromatic rings. The van der Waals surface area contributed by atoms with Crippen molar-refractivity contribution in [3.8, 4) is 5.75 Å². The van der Waals surface area contributed by atoms with Gasteiger partial charge in [-0.25, -0.2) is 9.37 Å². The minimum atomic E-state index is -0.554. The molecule has 0 fully saturated rings. The molecule has 0 aliphatic rings. The van der Waals surface area contributed by atoms with Crippen LogP contribution in [0, 0.1) is 11.8 Å². The Labute approximate surface area is 105 Å². The largest absolute Gasteiger partial charge is 0.487 e. The van der Waals surface area contributed by atoms with E-state index in [9.17, 15) is 8.78 Å². The van der Waals surface area contributed by atoms with Crippen LogP contribution in [0.3, 0.4) is 0 Å². The fourth-order valence-corrected chi connectivity index (χ4v) is 1.67. The fraction of sp³-hybridized carbons (Fsp3) is 0.0833. The van der Waals surface area contributed by atoms with Crippen LogP contribution < -0.4 is 4.74 Å². The van der Waals surface area contributed by atoms with Gasteiger partial charge < -0.3 is 4.74 Å². The number of pyridine rings is 1. The standard InChI is InChI=1S/C12H8BrF2NO/c13-10-5-8(1-3-11(10)14)7-17-9-2-4-12(15)16-6-9/h1-6H,7H2. The molecule has 0 atom stereocenters. The van der Waals surface area contributed by atoms with Crippen LogP contribution in [0.1, 0.15) is 5.56 Å². The van der Waals surface area contributed by atoms with Crippen LogP contribution in [-0.4, -0.2) is 4.98 Å². The molecule has 0 N–H and O–H groups in total. The van der Waals surface area contributed by atoms with Gasteiger partial charge in [0.15, 0.2) is 0 Å². The quantitative estimate of drug-likeness (QED) is 0.806. The lowest BCUT2D eigenvalue weighted by Gasteiger charge is -2.06. The zero-order valence-electron chi connectivity index (χ0n) is 8.66. The van der Waals surface area contributed by atoms with Gasteiger partial charge in [-0.2, -0.15) is 4.39 Å². The third-order valence-electron chi connectivity index (χ3n) is 2.09. The van der Waals surface area contributed by atoms with Crippen molar-refractivity contribution >= 4 is 15.9 Å². The average Bonchev–Trinajstić information content (AvgIpc) is 2.33. The average molecular weight is 300 g/mol. The Balaban J connectivity index is 2.02. The van der Waals surface area contributed by atoms with Crippen LogP contribution in [0.4, 0.5) is 8.78 Å². The summed E-state index contributed by atoms with van der Waals surface area (Å²) >= 11 is 3.09. The van der Waals surface area contributed by atoms with E-state index in [1.165, 1.54) is 24.4 Å². The normalized spacial score (nSPS) is 10.3. The van der Waals surface area contributed by atoms with E-state index in [0.717, 1.165) is 5.56 Å². The lowest BCUT2D eigenvalue weighted by molar-refractivity contribution is 0.303. The van der Waals surface area contributed by atoms with Crippen LogP contribution >= 0.6 is 15.9 Å². The molecule has 0 radical (unpaired) electrons. The van der Waals surface area contributed by atoms with E-state index in [2.05, 4.69) is 20.9 Å². The molecule has 5 heteroatoms. The van der Waals surface area contributed by atoms with E-state index < -0.39 is 5.95 Å². The highest BCUT2D eigenvalue weighted by Crippen LogP contribution is 2.18. The van der Waals surface area contributed by atoms with Crippen molar-refractivity contribution < 1.29 is 13.5 Å². The first-order valence-corrected chi connectivity index (χ1v) is 5.63. The van der Waals surface area contributed by atoms with Crippen LogP contribution in [-0.2, 0) is 6.61 Å². The molecule has 0 aliphatic carbocycles. The van der Waals surface area contributed by atoms with Crippen LogP contribution in [0.5, 0.6) is 5.75 Å². The molecular formula is C12H8BrF2NO. The lowest BCUT2D eigenvalue weighted by atomic mass is 10.2. The summed E-state index contributed by atoms with van der Waals surface area (Å²) in [7, 11) is 0. The highest BCUT2D eigenvalue weighted by molar-refractivity contribution is 9.10. The van der Waals surface area contributed by atoms with Gasteiger partial charge in [0.1, 0.15) is 18.2 Å². The van der Waals surface area contributed by atoms with Gasteiger partial charge in [-0.3, -0.25) is 0 Å². The molecule has 17 heavy (non-hydrogen) atoms. The second kappa shape index (κ2) is 5.23. The maximum absolute atomic E-state index is 13.0. The molecule has 2 rings (SSSR count). The maximum atomic E-state index is 13.0. The highest BCUT2D eigenvalue weighted by Gasteiger charge is 2.02. The zero-order valence-corrected chi connectivity index (χ0v) is 10.2. The van der Waals surface area contributed by atoms with Gasteiger partial charge in [0.05, 0.1) is 10.7 Å². The number of hydrogen-bond donors (Lipinski definition) is 0. The third kappa shape index (κ3) is 3.23. The van der Waals surface area contributed by atoms with E-state index in [1.54, 1.807) is 12.1 Å². The van der Waals surface area contributed by atoms with E-state index in [0.29, 0.717) is 10.2 Å². The van der Waals surface area contributed by atoms with Crippen LogP contribution in [0.15, 0.2) is 41.0 Å². The Kier molecular flexibility index (Phi) is 3.68. The summed E-state index contributed by atoms with van der Waals surface area (Å²) in [5.41, 5.74) is 0.808. The number of hydrogen-bond acceptors (Lipinski definition) is 2. The summed E-state index contributed by atoms with van der Waals surface area (Å²) in [4.78, 5) is 3.46. The molecule has 0 spiro atoms. The Morgan fingerprint density at radius 3 is 2.65 bits per heavy atom. The van der Waals surface area contributed by atoms with E-state index in [1.807, 2.05) is 0 Å². The van der Waals surface area contributed by atoms with Gasteiger partial charge in [-0.1, -0.05) is 6.07 Å². The van der Waals surface area contributed by atoms with Crippen molar-refractivity contribution in [1.29, 1.82) is 0 Å². The molecule has 0 bridgehead atoms. The second-order valence-electron chi connectivity index (χ2n) is 3.35. The number of aromatic nitrogens is 1. The summed E-state index contributed by atoms with van der Waals surface area (Å²) in [6.45, 7) is 0.270.